The van der Waals surface area contributed by atoms with Gasteiger partial charge in [-0.05, 0) is 55.8 Å². The summed E-state index contributed by atoms with van der Waals surface area (Å²) in [7, 11) is 0. The molecule has 164 valence electrons. The summed E-state index contributed by atoms with van der Waals surface area (Å²) in [5, 5.41) is 16.1. The number of hydrogen-bond donors (Lipinski definition) is 3. The second-order valence-electron chi connectivity index (χ2n) is 9.59. The van der Waals surface area contributed by atoms with Crippen LogP contribution in [0.5, 0.6) is 5.75 Å². The Bertz CT molecular complexity index is 857. The minimum Gasteiger partial charge on any atom is -0.505 e. The van der Waals surface area contributed by atoms with E-state index in [9.17, 15) is 14.7 Å². The van der Waals surface area contributed by atoms with Gasteiger partial charge in [-0.2, -0.15) is 0 Å². The fourth-order valence-corrected chi connectivity index (χ4v) is 6.14. The molecule has 0 radical (unpaired) electrons. The lowest BCUT2D eigenvalue weighted by Crippen LogP contribution is -2.42. The van der Waals surface area contributed by atoms with Crippen molar-refractivity contribution in [1.82, 2.24) is 10.6 Å². The fourth-order valence-electron chi connectivity index (χ4n) is 5.68. The van der Waals surface area contributed by atoms with Crippen LogP contribution in [0.4, 0.5) is 4.39 Å². The first-order valence-electron chi connectivity index (χ1n) is 10.5. The van der Waals surface area contributed by atoms with E-state index in [0.29, 0.717) is 24.7 Å². The Labute approximate surface area is 185 Å². The summed E-state index contributed by atoms with van der Waals surface area (Å²) in [6.45, 7) is 3.51. The Morgan fingerprint density at radius 2 is 1.90 bits per heavy atom. The van der Waals surface area contributed by atoms with Crippen molar-refractivity contribution < 1.29 is 19.1 Å². The highest BCUT2D eigenvalue weighted by molar-refractivity contribution is 6.42. The number of fused-ring (bicyclic) bond motifs is 1. The lowest BCUT2D eigenvalue weighted by Gasteiger charge is -2.38. The largest absolute Gasteiger partial charge is 0.505 e. The number of phenolic OH excluding ortho intramolecular Hbond substituents is 1. The first-order valence-corrected chi connectivity index (χ1v) is 11.3. The number of hydrogen-bond acceptors (Lipinski definition) is 3. The number of rotatable bonds is 5. The maximum atomic E-state index is 15.1. The van der Waals surface area contributed by atoms with Crippen molar-refractivity contribution in [3.63, 3.8) is 0 Å². The Morgan fingerprint density at radius 1 is 1.23 bits per heavy atom. The molecule has 1 aromatic rings. The fraction of sp³-hybridized carbons (Fsp3) is 0.636. The Morgan fingerprint density at radius 3 is 2.53 bits per heavy atom. The third kappa shape index (κ3) is 4.01. The zero-order chi connectivity index (χ0) is 21.8. The maximum absolute atomic E-state index is 15.1. The van der Waals surface area contributed by atoms with Gasteiger partial charge in [0.05, 0.1) is 16.1 Å². The molecule has 30 heavy (non-hydrogen) atoms. The number of carbonyl (C=O) groups is 2. The van der Waals surface area contributed by atoms with Crippen LogP contribution in [-0.2, 0) is 9.59 Å². The molecule has 3 N–H and O–H groups in total. The van der Waals surface area contributed by atoms with Gasteiger partial charge in [-0.25, -0.2) is 4.39 Å². The van der Waals surface area contributed by atoms with Crippen LogP contribution in [-0.4, -0.2) is 23.0 Å². The second kappa shape index (κ2) is 7.86. The normalized spacial score (nSPS) is 33.1. The van der Waals surface area contributed by atoms with Crippen molar-refractivity contribution in [2.75, 3.05) is 0 Å². The number of halogens is 3. The molecule has 3 fully saturated rings. The number of carbonyl (C=O) groups excluding carboxylic acids is 2. The van der Waals surface area contributed by atoms with Crippen LogP contribution in [0.2, 0.25) is 10.0 Å². The molecule has 0 aromatic heterocycles. The maximum Gasteiger partial charge on any atom is 0.223 e. The van der Waals surface area contributed by atoms with Gasteiger partial charge >= 0.3 is 0 Å². The van der Waals surface area contributed by atoms with Crippen molar-refractivity contribution in [2.24, 2.45) is 23.2 Å². The van der Waals surface area contributed by atoms with Crippen LogP contribution in [0.3, 0.4) is 0 Å². The number of amides is 2. The molecule has 6 atom stereocenters. The molecule has 8 heteroatoms. The molecular formula is C22H27Cl2FN2O3. The van der Waals surface area contributed by atoms with Crippen LogP contribution < -0.4 is 10.6 Å². The Kier molecular flexibility index (Phi) is 5.69. The molecule has 1 aromatic carbocycles. The van der Waals surface area contributed by atoms with Gasteiger partial charge in [0, 0.05) is 30.5 Å². The summed E-state index contributed by atoms with van der Waals surface area (Å²) in [5.41, 5.74) is -0.309. The number of nitrogens with one attached hydrogen (secondary N) is 2. The van der Waals surface area contributed by atoms with E-state index in [1.165, 1.54) is 13.3 Å². The monoisotopic (exact) mass is 456 g/mol. The SMILES string of the molecule is CC(=O)N[C@@H]1CC[C@@H](C(=O)N[C@H](c2c(F)c(O)cc(Cl)c2Cl)C2(C)C[C@H]3C[C@H]3C2)C1. The van der Waals surface area contributed by atoms with Gasteiger partial charge in [0.15, 0.2) is 11.6 Å². The van der Waals surface area contributed by atoms with Crippen molar-refractivity contribution in [1.29, 1.82) is 0 Å². The number of phenols is 1. The zero-order valence-electron chi connectivity index (χ0n) is 17.1. The van der Waals surface area contributed by atoms with Gasteiger partial charge in [0.2, 0.25) is 11.8 Å². The van der Waals surface area contributed by atoms with Crippen LogP contribution in [0, 0.1) is 29.0 Å². The van der Waals surface area contributed by atoms with E-state index in [4.69, 9.17) is 23.2 Å². The van der Waals surface area contributed by atoms with Crippen molar-refractivity contribution in [3.05, 3.63) is 27.5 Å². The molecule has 0 spiro atoms. The molecule has 0 bridgehead atoms. The molecule has 5 nitrogen and oxygen atoms in total. The van der Waals surface area contributed by atoms with Gasteiger partial charge in [0.1, 0.15) is 0 Å². The van der Waals surface area contributed by atoms with Gasteiger partial charge in [-0.1, -0.05) is 30.1 Å². The quantitative estimate of drug-likeness (QED) is 0.559. The highest BCUT2D eigenvalue weighted by atomic mass is 35.5. The van der Waals surface area contributed by atoms with E-state index < -0.39 is 17.6 Å². The Balaban J connectivity index is 1.62. The van der Waals surface area contributed by atoms with E-state index in [1.54, 1.807) is 0 Å². The minimum atomic E-state index is -0.834. The first kappa shape index (κ1) is 21.7. The number of benzene rings is 1. The molecule has 0 saturated heterocycles. The van der Waals surface area contributed by atoms with Crippen LogP contribution in [0.1, 0.15) is 64.0 Å². The summed E-state index contributed by atoms with van der Waals surface area (Å²) < 4.78 is 15.1. The zero-order valence-corrected chi connectivity index (χ0v) is 18.6. The number of aromatic hydroxyl groups is 1. The van der Waals surface area contributed by atoms with E-state index in [1.807, 2.05) is 6.92 Å². The second-order valence-corrected chi connectivity index (χ2v) is 10.4. The highest BCUT2D eigenvalue weighted by Crippen LogP contribution is 2.64. The van der Waals surface area contributed by atoms with Crippen LogP contribution in [0.15, 0.2) is 6.07 Å². The molecule has 1 unspecified atom stereocenters. The Hall–Kier alpha value is -1.53. The predicted octanol–water partition coefficient (Wildman–Crippen LogP) is 4.74. The summed E-state index contributed by atoms with van der Waals surface area (Å²) in [6.07, 6.45) is 4.85. The van der Waals surface area contributed by atoms with E-state index in [0.717, 1.165) is 25.3 Å². The highest BCUT2D eigenvalue weighted by Gasteiger charge is 2.56. The topological polar surface area (TPSA) is 78.4 Å². The van der Waals surface area contributed by atoms with E-state index in [2.05, 4.69) is 10.6 Å². The minimum absolute atomic E-state index is 0.0260. The lowest BCUT2D eigenvalue weighted by molar-refractivity contribution is -0.127. The third-order valence-electron chi connectivity index (χ3n) is 7.18. The summed E-state index contributed by atoms with van der Waals surface area (Å²) >= 11 is 12.5. The molecule has 2 amide bonds. The average molecular weight is 457 g/mol. The third-order valence-corrected chi connectivity index (χ3v) is 7.98. The standard InChI is InChI=1S/C22H27Cl2FN2O3/c1-10(28)26-14-4-3-11(6-14)21(30)27-20(22(2)8-12-5-13(12)9-22)17-18(24)15(23)7-16(29)19(17)25/h7,11-14,20,29H,3-6,8-9H2,1-2H3,(H,26,28)(H,27,30)/t11-,12-,13+,14-,20-,22?/m1/s1. The average Bonchev–Trinajstić information content (AvgIpc) is 3.06. The van der Waals surface area contributed by atoms with Crippen LogP contribution in [0.25, 0.3) is 0 Å². The molecule has 3 aliphatic rings. The summed E-state index contributed by atoms with van der Waals surface area (Å²) in [6, 6.07) is 0.377. The van der Waals surface area contributed by atoms with Gasteiger partial charge in [0.25, 0.3) is 0 Å². The summed E-state index contributed by atoms with van der Waals surface area (Å²) in [5.74, 6) is -0.765. The molecule has 3 aliphatic carbocycles. The lowest BCUT2D eigenvalue weighted by atomic mass is 9.74. The van der Waals surface area contributed by atoms with Gasteiger partial charge in [-0.3, -0.25) is 9.59 Å². The van der Waals surface area contributed by atoms with Gasteiger partial charge < -0.3 is 15.7 Å². The molecule has 3 saturated carbocycles. The van der Waals surface area contributed by atoms with Gasteiger partial charge in [-0.15, -0.1) is 0 Å². The predicted molar refractivity (Wildman–Crippen MR) is 113 cm³/mol. The molecule has 4 rings (SSSR count). The smallest absolute Gasteiger partial charge is 0.223 e. The van der Waals surface area contributed by atoms with Crippen molar-refractivity contribution >= 4 is 35.0 Å². The molecular weight excluding hydrogens is 430 g/mol. The van der Waals surface area contributed by atoms with Crippen molar-refractivity contribution in [3.8, 4) is 5.75 Å². The van der Waals surface area contributed by atoms with Crippen molar-refractivity contribution in [2.45, 2.75) is 64.5 Å². The van der Waals surface area contributed by atoms with E-state index in [-0.39, 0.29) is 44.8 Å². The molecule has 0 heterocycles. The summed E-state index contributed by atoms with van der Waals surface area (Å²) in [4.78, 5) is 24.5. The van der Waals surface area contributed by atoms with E-state index >= 15 is 4.39 Å². The molecule has 0 aliphatic heterocycles. The van der Waals surface area contributed by atoms with Crippen LogP contribution >= 0.6 is 23.2 Å². The first-order chi connectivity index (χ1) is 14.1.